The van der Waals surface area contributed by atoms with E-state index in [0.717, 1.165) is 38.5 Å². The van der Waals surface area contributed by atoms with Crippen LogP contribution in [0.1, 0.15) is 142 Å². The summed E-state index contributed by atoms with van der Waals surface area (Å²) in [6, 6.07) is 0. The van der Waals surface area contributed by atoms with E-state index in [1.807, 2.05) is 0 Å². The molecule has 244 valence electrons. The van der Waals surface area contributed by atoms with E-state index in [1.54, 1.807) is 0 Å². The van der Waals surface area contributed by atoms with E-state index >= 15 is 0 Å². The lowest BCUT2D eigenvalue weighted by Crippen LogP contribution is -2.28. The second kappa shape index (κ2) is 27.8. The fourth-order valence-electron chi connectivity index (χ4n) is 4.29. The van der Waals surface area contributed by atoms with Gasteiger partial charge in [0, 0.05) is 12.8 Å². The standard InChI is InChI=1S/C30H59O10P/c1-3-5-7-9-10-11-12-13-14-15-16-17-18-20-22-30(34)40-28(24-32)26-38-41(35,36)37-25-27(23-31)39-29(33)21-19-8-6-4-2/h27-28,31-32H,3-26H2,1-2H3,(H,35,36). The van der Waals surface area contributed by atoms with E-state index in [-0.39, 0.29) is 12.8 Å². The topological polar surface area (TPSA) is 149 Å². The van der Waals surface area contributed by atoms with Gasteiger partial charge in [0.1, 0.15) is 12.2 Å². The lowest BCUT2D eigenvalue weighted by molar-refractivity contribution is -0.153. The first-order valence-corrected chi connectivity index (χ1v) is 17.5. The minimum atomic E-state index is -4.60. The van der Waals surface area contributed by atoms with Crippen molar-refractivity contribution in [1.82, 2.24) is 0 Å². The summed E-state index contributed by atoms with van der Waals surface area (Å²) in [4.78, 5) is 33.8. The van der Waals surface area contributed by atoms with Gasteiger partial charge in [0.2, 0.25) is 0 Å². The van der Waals surface area contributed by atoms with Gasteiger partial charge in [-0.25, -0.2) is 4.57 Å². The van der Waals surface area contributed by atoms with Crippen molar-refractivity contribution in [3.05, 3.63) is 0 Å². The van der Waals surface area contributed by atoms with Crippen LogP contribution in [0.5, 0.6) is 0 Å². The van der Waals surface area contributed by atoms with Gasteiger partial charge < -0.3 is 24.6 Å². The van der Waals surface area contributed by atoms with Crippen LogP contribution >= 0.6 is 7.82 Å². The maximum Gasteiger partial charge on any atom is 0.472 e. The third kappa shape index (κ3) is 26.3. The maximum atomic E-state index is 12.2. The number of aliphatic hydroxyl groups excluding tert-OH is 2. The largest absolute Gasteiger partial charge is 0.472 e. The fourth-order valence-corrected chi connectivity index (χ4v) is 5.07. The van der Waals surface area contributed by atoms with E-state index in [0.29, 0.717) is 12.8 Å². The number of hydrogen-bond donors (Lipinski definition) is 3. The molecule has 11 heteroatoms. The van der Waals surface area contributed by atoms with Gasteiger partial charge in [-0.2, -0.15) is 0 Å². The van der Waals surface area contributed by atoms with Crippen LogP contribution in [-0.4, -0.2) is 65.7 Å². The van der Waals surface area contributed by atoms with Crippen LogP contribution in [0.25, 0.3) is 0 Å². The van der Waals surface area contributed by atoms with Gasteiger partial charge in [0.15, 0.2) is 0 Å². The first kappa shape index (κ1) is 40.0. The van der Waals surface area contributed by atoms with E-state index in [9.17, 15) is 29.3 Å². The van der Waals surface area contributed by atoms with Crippen molar-refractivity contribution in [2.24, 2.45) is 0 Å². The second-order valence-electron chi connectivity index (χ2n) is 10.8. The van der Waals surface area contributed by atoms with Crippen molar-refractivity contribution in [1.29, 1.82) is 0 Å². The van der Waals surface area contributed by atoms with E-state index in [4.69, 9.17) is 18.5 Å². The van der Waals surface area contributed by atoms with Crippen LogP contribution in [0, 0.1) is 0 Å². The quantitative estimate of drug-likeness (QED) is 0.0452. The SMILES string of the molecule is CCCCCCCCCCCCCCCCC(=O)OC(CO)COP(=O)(O)OCC(CO)OC(=O)CCCCCC. The zero-order valence-corrected chi connectivity index (χ0v) is 26.7. The molecule has 3 atom stereocenters. The molecule has 0 aromatic heterocycles. The molecule has 3 unspecified atom stereocenters. The van der Waals surface area contributed by atoms with Gasteiger partial charge >= 0.3 is 19.8 Å². The summed E-state index contributed by atoms with van der Waals surface area (Å²) >= 11 is 0. The zero-order valence-electron chi connectivity index (χ0n) is 25.8. The molecule has 0 heterocycles. The van der Waals surface area contributed by atoms with E-state index in [2.05, 4.69) is 13.8 Å². The zero-order chi connectivity index (χ0) is 30.6. The monoisotopic (exact) mass is 610 g/mol. The molecule has 0 spiro atoms. The van der Waals surface area contributed by atoms with Gasteiger partial charge in [-0.15, -0.1) is 0 Å². The van der Waals surface area contributed by atoms with Crippen molar-refractivity contribution >= 4 is 19.8 Å². The molecular formula is C30H59O10P. The number of ether oxygens (including phenoxy) is 2. The maximum absolute atomic E-state index is 12.2. The summed E-state index contributed by atoms with van der Waals surface area (Å²) < 4.78 is 32.0. The Labute approximate surface area is 248 Å². The summed E-state index contributed by atoms with van der Waals surface area (Å²) in [6.45, 7) is 2.03. The molecule has 10 nitrogen and oxygen atoms in total. The highest BCUT2D eigenvalue weighted by molar-refractivity contribution is 7.47. The summed E-state index contributed by atoms with van der Waals surface area (Å²) in [6.07, 6.45) is 18.7. The molecule has 0 aromatic carbocycles. The first-order chi connectivity index (χ1) is 19.8. The van der Waals surface area contributed by atoms with Crippen LogP contribution < -0.4 is 0 Å². The predicted molar refractivity (Wildman–Crippen MR) is 159 cm³/mol. The minimum Gasteiger partial charge on any atom is -0.457 e. The van der Waals surface area contributed by atoms with E-state index < -0.39 is 58.4 Å². The molecule has 0 radical (unpaired) electrons. The number of unbranched alkanes of at least 4 members (excludes halogenated alkanes) is 16. The molecule has 0 saturated carbocycles. The minimum absolute atomic E-state index is 0.187. The average Bonchev–Trinajstić information content (AvgIpc) is 2.95. The number of esters is 2. The summed E-state index contributed by atoms with van der Waals surface area (Å²) in [5, 5.41) is 18.8. The lowest BCUT2D eigenvalue weighted by Gasteiger charge is -2.20. The highest BCUT2D eigenvalue weighted by atomic mass is 31.2. The van der Waals surface area contributed by atoms with Crippen LogP contribution in [0.3, 0.4) is 0 Å². The van der Waals surface area contributed by atoms with E-state index in [1.165, 1.54) is 64.2 Å². The number of phosphoric ester groups is 1. The van der Waals surface area contributed by atoms with Gasteiger partial charge in [-0.1, -0.05) is 117 Å². The van der Waals surface area contributed by atoms with Crippen LogP contribution in [0.15, 0.2) is 0 Å². The molecule has 0 saturated heterocycles. The number of hydrogen-bond acceptors (Lipinski definition) is 9. The molecule has 0 aliphatic heterocycles. The first-order valence-electron chi connectivity index (χ1n) is 16.0. The number of carbonyl (C=O) groups excluding carboxylic acids is 2. The molecular weight excluding hydrogens is 551 g/mol. The number of phosphoric acid groups is 1. The molecule has 0 fully saturated rings. The van der Waals surface area contributed by atoms with Crippen molar-refractivity contribution in [2.45, 2.75) is 154 Å². The lowest BCUT2D eigenvalue weighted by atomic mass is 10.0. The Balaban J connectivity index is 3.96. The van der Waals surface area contributed by atoms with Crippen LogP contribution in [-0.2, 0) is 32.7 Å². The van der Waals surface area contributed by atoms with Gasteiger partial charge in [-0.3, -0.25) is 18.6 Å². The Morgan fingerprint density at radius 1 is 0.561 bits per heavy atom. The smallest absolute Gasteiger partial charge is 0.457 e. The third-order valence-electron chi connectivity index (χ3n) is 6.82. The number of aliphatic hydroxyl groups is 2. The van der Waals surface area contributed by atoms with Gasteiger partial charge in [0.05, 0.1) is 26.4 Å². The summed E-state index contributed by atoms with van der Waals surface area (Å²) in [5.74, 6) is -1.03. The summed E-state index contributed by atoms with van der Waals surface area (Å²) in [5.41, 5.74) is 0. The van der Waals surface area contributed by atoms with Gasteiger partial charge in [0.25, 0.3) is 0 Å². The molecule has 0 aliphatic rings. The molecule has 0 aliphatic carbocycles. The van der Waals surface area contributed by atoms with Crippen molar-refractivity contribution in [3.63, 3.8) is 0 Å². The predicted octanol–water partition coefficient (Wildman–Crippen LogP) is 6.77. The average molecular weight is 611 g/mol. The third-order valence-corrected chi connectivity index (χ3v) is 7.77. The molecule has 0 rings (SSSR count). The normalized spacial score (nSPS) is 14.4. The van der Waals surface area contributed by atoms with Crippen LogP contribution in [0.4, 0.5) is 0 Å². The Bertz CT molecular complexity index is 676. The molecule has 0 bridgehead atoms. The Morgan fingerprint density at radius 3 is 1.17 bits per heavy atom. The van der Waals surface area contributed by atoms with Crippen molar-refractivity contribution < 1.29 is 47.8 Å². The number of carbonyl (C=O) groups is 2. The molecule has 0 amide bonds. The van der Waals surface area contributed by atoms with Crippen molar-refractivity contribution in [3.8, 4) is 0 Å². The Morgan fingerprint density at radius 2 is 0.854 bits per heavy atom. The Kier molecular flexibility index (Phi) is 27.1. The van der Waals surface area contributed by atoms with Gasteiger partial charge in [-0.05, 0) is 12.8 Å². The highest BCUT2D eigenvalue weighted by Crippen LogP contribution is 2.43. The van der Waals surface area contributed by atoms with Crippen molar-refractivity contribution in [2.75, 3.05) is 26.4 Å². The number of rotatable bonds is 30. The molecule has 0 aromatic rings. The molecule has 41 heavy (non-hydrogen) atoms. The van der Waals surface area contributed by atoms with Crippen LogP contribution in [0.2, 0.25) is 0 Å². The highest BCUT2D eigenvalue weighted by Gasteiger charge is 2.27. The molecule has 3 N–H and O–H groups in total. The summed E-state index contributed by atoms with van der Waals surface area (Å²) in [7, 11) is -4.60. The Hall–Kier alpha value is -1.03. The fraction of sp³-hybridized carbons (Fsp3) is 0.933. The second-order valence-corrected chi connectivity index (χ2v) is 12.3.